The van der Waals surface area contributed by atoms with Gasteiger partial charge in [-0.2, -0.15) is 12.6 Å². The van der Waals surface area contributed by atoms with Crippen LogP contribution in [0.25, 0.3) is 0 Å². The summed E-state index contributed by atoms with van der Waals surface area (Å²) in [6.45, 7) is 0. The van der Waals surface area contributed by atoms with E-state index in [-0.39, 0.29) is 5.91 Å². The molecule has 4 heteroatoms. The van der Waals surface area contributed by atoms with Crippen LogP contribution in [-0.4, -0.2) is 18.8 Å². The second kappa shape index (κ2) is 4.14. The third-order valence-corrected chi connectivity index (χ3v) is 2.99. The predicted octanol–water partition coefficient (Wildman–Crippen LogP) is 1.89. The maximum atomic E-state index is 11.6. The Kier molecular flexibility index (Phi) is 2.86. The number of nitrogens with one attached hydrogen (secondary N) is 1. The minimum absolute atomic E-state index is 0.162. The summed E-state index contributed by atoms with van der Waals surface area (Å²) in [5.74, 6) is 0.611. The highest BCUT2D eigenvalue weighted by atomic mass is 32.1. The summed E-state index contributed by atoms with van der Waals surface area (Å²) in [7, 11) is 1.89. The smallest absolute Gasteiger partial charge is 0.228 e. The summed E-state index contributed by atoms with van der Waals surface area (Å²) < 4.78 is 0. The molecule has 0 saturated carbocycles. The molecule has 0 spiro atoms. The summed E-state index contributed by atoms with van der Waals surface area (Å²) in [6, 6.07) is 6.06. The highest BCUT2D eigenvalue weighted by Crippen LogP contribution is 2.30. The normalized spacial score (nSPS) is 15.1. The number of amides is 1. The molecule has 0 aliphatic carbocycles. The number of carbonyl (C=O) groups is 1. The topological polar surface area (TPSA) is 32.3 Å². The molecule has 2 rings (SSSR count). The minimum Gasteiger partial charge on any atom is -0.388 e. The molecule has 1 aromatic carbocycles. The van der Waals surface area contributed by atoms with Gasteiger partial charge >= 0.3 is 0 Å². The number of anilines is 2. The molecule has 1 aliphatic rings. The molecule has 0 bridgehead atoms. The molecule has 3 nitrogen and oxygen atoms in total. The second-order valence-electron chi connectivity index (χ2n) is 3.56. The van der Waals surface area contributed by atoms with Crippen LogP contribution in [0.15, 0.2) is 18.2 Å². The first-order chi connectivity index (χ1) is 7.26. The van der Waals surface area contributed by atoms with Gasteiger partial charge in [0.1, 0.15) is 0 Å². The highest BCUT2D eigenvalue weighted by molar-refractivity contribution is 7.80. The fourth-order valence-electron chi connectivity index (χ4n) is 1.87. The second-order valence-corrected chi connectivity index (χ2v) is 3.84. The number of nitrogens with zero attached hydrogens (tertiary/aromatic N) is 1. The van der Waals surface area contributed by atoms with Crippen molar-refractivity contribution < 1.29 is 4.79 Å². The molecule has 1 aliphatic heterocycles. The highest BCUT2D eigenvalue weighted by Gasteiger charge is 2.22. The zero-order chi connectivity index (χ0) is 10.8. The maximum Gasteiger partial charge on any atom is 0.228 e. The number of fused-ring (bicyclic) bond motifs is 1. The van der Waals surface area contributed by atoms with Crippen LogP contribution in [0.3, 0.4) is 0 Å². The van der Waals surface area contributed by atoms with E-state index in [0.717, 1.165) is 17.8 Å². The van der Waals surface area contributed by atoms with Crippen LogP contribution in [-0.2, 0) is 11.2 Å². The fourth-order valence-corrected chi connectivity index (χ4v) is 2.18. The van der Waals surface area contributed by atoms with Crippen LogP contribution < -0.4 is 10.2 Å². The first-order valence-electron chi connectivity index (χ1n) is 4.98. The lowest BCUT2D eigenvalue weighted by atomic mass is 10.0. The zero-order valence-corrected chi connectivity index (χ0v) is 9.55. The molecule has 1 heterocycles. The molecule has 0 fully saturated rings. The molecular formula is C11H14N2OS. The lowest BCUT2D eigenvalue weighted by Gasteiger charge is -2.28. The van der Waals surface area contributed by atoms with Crippen LogP contribution in [0.4, 0.5) is 11.4 Å². The lowest BCUT2D eigenvalue weighted by molar-refractivity contribution is -0.118. The largest absolute Gasteiger partial charge is 0.388 e. The van der Waals surface area contributed by atoms with Crippen molar-refractivity contribution in [2.45, 2.75) is 12.8 Å². The Morgan fingerprint density at radius 2 is 2.27 bits per heavy atom. The van der Waals surface area contributed by atoms with Crippen LogP contribution in [0.5, 0.6) is 0 Å². The van der Waals surface area contributed by atoms with Crippen LogP contribution in [0, 0.1) is 0 Å². The molecule has 15 heavy (non-hydrogen) atoms. The van der Waals surface area contributed by atoms with Gasteiger partial charge in [-0.1, -0.05) is 0 Å². The molecule has 0 atom stereocenters. The van der Waals surface area contributed by atoms with Crippen molar-refractivity contribution in [3.05, 3.63) is 23.8 Å². The van der Waals surface area contributed by atoms with E-state index in [0.29, 0.717) is 12.3 Å². The average molecular weight is 222 g/mol. The van der Waals surface area contributed by atoms with Crippen molar-refractivity contribution in [2.24, 2.45) is 0 Å². The molecule has 1 amide bonds. The van der Waals surface area contributed by atoms with Gasteiger partial charge in [-0.3, -0.25) is 4.79 Å². The monoisotopic (exact) mass is 222 g/mol. The minimum atomic E-state index is 0.162. The Morgan fingerprint density at radius 3 is 2.93 bits per heavy atom. The Balaban J connectivity index is 2.42. The molecule has 0 aromatic heterocycles. The van der Waals surface area contributed by atoms with Gasteiger partial charge in [-0.15, -0.1) is 0 Å². The van der Waals surface area contributed by atoms with E-state index in [1.807, 2.05) is 19.2 Å². The Morgan fingerprint density at radius 1 is 1.47 bits per heavy atom. The first-order valence-corrected chi connectivity index (χ1v) is 5.61. The third-order valence-electron chi connectivity index (χ3n) is 2.71. The summed E-state index contributed by atoms with van der Waals surface area (Å²) in [5, 5.41) is 3.10. The number of benzene rings is 1. The number of hydrogen-bond acceptors (Lipinski definition) is 3. The Bertz CT molecular complexity index is 392. The number of aryl methyl sites for hydroxylation is 1. The number of rotatable bonds is 2. The molecule has 0 radical (unpaired) electrons. The summed E-state index contributed by atoms with van der Waals surface area (Å²) in [4.78, 5) is 13.3. The van der Waals surface area contributed by atoms with Gasteiger partial charge < -0.3 is 10.2 Å². The predicted molar refractivity (Wildman–Crippen MR) is 65.6 cm³/mol. The lowest BCUT2D eigenvalue weighted by Crippen LogP contribution is -2.34. The standard InChI is InChI=1S/C11H14N2OS/c1-12-9-3-4-10-8(6-9)2-5-11(14)13(10)7-15/h3-4,6,12,15H,2,5,7H2,1H3. The van der Waals surface area contributed by atoms with Gasteiger partial charge in [0.05, 0.1) is 5.88 Å². The Labute approximate surface area is 94.9 Å². The number of carbonyl (C=O) groups excluding carboxylic acids is 1. The van der Waals surface area contributed by atoms with E-state index in [4.69, 9.17) is 0 Å². The van der Waals surface area contributed by atoms with E-state index in [2.05, 4.69) is 24.0 Å². The summed E-state index contributed by atoms with van der Waals surface area (Å²) in [5.41, 5.74) is 3.30. The summed E-state index contributed by atoms with van der Waals surface area (Å²) in [6.07, 6.45) is 1.41. The molecule has 0 unspecified atom stereocenters. The maximum absolute atomic E-state index is 11.6. The van der Waals surface area contributed by atoms with Gasteiger partial charge in [0.25, 0.3) is 0 Å². The molecule has 1 N–H and O–H groups in total. The number of thiol groups is 1. The van der Waals surface area contributed by atoms with Gasteiger partial charge in [0.15, 0.2) is 0 Å². The number of hydrogen-bond donors (Lipinski definition) is 2. The average Bonchev–Trinajstić information content (AvgIpc) is 2.28. The van der Waals surface area contributed by atoms with Gasteiger partial charge in [-0.25, -0.2) is 0 Å². The van der Waals surface area contributed by atoms with E-state index >= 15 is 0 Å². The van der Waals surface area contributed by atoms with Crippen molar-refractivity contribution in [1.82, 2.24) is 0 Å². The van der Waals surface area contributed by atoms with Crippen LogP contribution in [0.2, 0.25) is 0 Å². The van der Waals surface area contributed by atoms with E-state index in [1.165, 1.54) is 5.56 Å². The van der Waals surface area contributed by atoms with E-state index in [9.17, 15) is 4.79 Å². The van der Waals surface area contributed by atoms with Crippen molar-refractivity contribution in [1.29, 1.82) is 0 Å². The van der Waals surface area contributed by atoms with Crippen molar-refractivity contribution in [2.75, 3.05) is 23.1 Å². The fraction of sp³-hybridized carbons (Fsp3) is 0.364. The summed E-state index contributed by atoms with van der Waals surface area (Å²) >= 11 is 4.19. The van der Waals surface area contributed by atoms with Crippen LogP contribution in [0.1, 0.15) is 12.0 Å². The van der Waals surface area contributed by atoms with Gasteiger partial charge in [0.2, 0.25) is 5.91 Å². The zero-order valence-electron chi connectivity index (χ0n) is 8.66. The van der Waals surface area contributed by atoms with Crippen molar-refractivity contribution in [3.63, 3.8) is 0 Å². The SMILES string of the molecule is CNc1ccc2c(c1)CCC(=O)N2CS. The Hall–Kier alpha value is -1.16. The first kappa shape index (κ1) is 10.4. The molecule has 0 saturated heterocycles. The van der Waals surface area contributed by atoms with Gasteiger partial charge in [-0.05, 0) is 30.2 Å². The quantitative estimate of drug-likeness (QED) is 0.749. The van der Waals surface area contributed by atoms with E-state index in [1.54, 1.807) is 4.90 Å². The van der Waals surface area contributed by atoms with Crippen molar-refractivity contribution >= 4 is 29.9 Å². The molecule has 80 valence electrons. The molecular weight excluding hydrogens is 208 g/mol. The van der Waals surface area contributed by atoms with Crippen molar-refractivity contribution in [3.8, 4) is 0 Å². The van der Waals surface area contributed by atoms with Crippen LogP contribution >= 0.6 is 12.6 Å². The third kappa shape index (κ3) is 1.81. The molecule has 1 aromatic rings. The van der Waals surface area contributed by atoms with Gasteiger partial charge in [0, 0.05) is 24.8 Å². The van der Waals surface area contributed by atoms with E-state index < -0.39 is 0 Å².